The molecule has 0 aromatic heterocycles. The van der Waals surface area contributed by atoms with Gasteiger partial charge in [-0.2, -0.15) is 0 Å². The van der Waals surface area contributed by atoms with Gasteiger partial charge in [-0.15, -0.1) is 0 Å². The fourth-order valence-corrected chi connectivity index (χ4v) is 1.46. The zero-order valence-corrected chi connectivity index (χ0v) is 6.32. The molecule has 60 valence electrons. The molecule has 10 heavy (non-hydrogen) atoms. The zero-order valence-electron chi connectivity index (χ0n) is 6.32. The minimum atomic E-state index is -0.972. The van der Waals surface area contributed by atoms with E-state index in [1.807, 2.05) is 13.8 Å². The monoisotopic (exact) mass is 146 g/mol. The first kappa shape index (κ1) is 7.98. The maximum Gasteiger partial charge on any atom is 0.181 e. The third kappa shape index (κ3) is 1.17. The van der Waals surface area contributed by atoms with E-state index in [1.54, 1.807) is 0 Å². The fourth-order valence-electron chi connectivity index (χ4n) is 1.46. The van der Waals surface area contributed by atoms with Crippen molar-refractivity contribution in [3.05, 3.63) is 0 Å². The van der Waals surface area contributed by atoms with Crippen molar-refractivity contribution in [2.75, 3.05) is 0 Å². The van der Waals surface area contributed by atoms with E-state index in [0.717, 1.165) is 6.42 Å². The largest absolute Gasteiger partial charge is 0.387 e. The van der Waals surface area contributed by atoms with Gasteiger partial charge in [0.05, 0.1) is 6.10 Å². The lowest BCUT2D eigenvalue weighted by Crippen LogP contribution is -2.26. The van der Waals surface area contributed by atoms with Gasteiger partial charge >= 0.3 is 0 Å². The Kier molecular flexibility index (Phi) is 2.28. The second kappa shape index (κ2) is 2.86. The van der Waals surface area contributed by atoms with Crippen molar-refractivity contribution < 1.29 is 14.9 Å². The van der Waals surface area contributed by atoms with Crippen LogP contribution >= 0.6 is 0 Å². The first-order chi connectivity index (χ1) is 4.66. The molecule has 1 saturated heterocycles. The quantitative estimate of drug-likeness (QED) is 0.552. The summed E-state index contributed by atoms with van der Waals surface area (Å²) < 4.78 is 4.98. The second-order valence-corrected chi connectivity index (χ2v) is 2.79. The van der Waals surface area contributed by atoms with Gasteiger partial charge in [-0.1, -0.05) is 6.92 Å². The molecule has 1 aliphatic heterocycles. The molecule has 4 atom stereocenters. The van der Waals surface area contributed by atoms with Crippen LogP contribution in [0.2, 0.25) is 0 Å². The third-order valence-electron chi connectivity index (χ3n) is 2.16. The molecular weight excluding hydrogens is 132 g/mol. The Morgan fingerprint density at radius 1 is 1.40 bits per heavy atom. The highest BCUT2D eigenvalue weighted by Gasteiger charge is 2.38. The van der Waals surface area contributed by atoms with Crippen LogP contribution in [0.25, 0.3) is 0 Å². The van der Waals surface area contributed by atoms with Gasteiger partial charge in [-0.3, -0.25) is 0 Å². The van der Waals surface area contributed by atoms with E-state index in [-0.39, 0.29) is 12.0 Å². The number of hydrogen-bond acceptors (Lipinski definition) is 3. The normalized spacial score (nSPS) is 48.0. The summed E-state index contributed by atoms with van der Waals surface area (Å²) in [5.41, 5.74) is 0. The molecule has 0 aromatic carbocycles. The van der Waals surface area contributed by atoms with E-state index in [1.165, 1.54) is 0 Å². The summed E-state index contributed by atoms with van der Waals surface area (Å²) in [6.45, 7) is 3.85. The van der Waals surface area contributed by atoms with E-state index in [9.17, 15) is 5.11 Å². The van der Waals surface area contributed by atoms with Crippen molar-refractivity contribution in [3.8, 4) is 0 Å². The highest BCUT2D eigenvalue weighted by Crippen LogP contribution is 2.27. The van der Waals surface area contributed by atoms with Crippen LogP contribution in [0.15, 0.2) is 0 Å². The van der Waals surface area contributed by atoms with E-state index < -0.39 is 12.4 Å². The molecule has 1 aliphatic rings. The lowest BCUT2D eigenvalue weighted by atomic mass is 9.97. The molecule has 1 fully saturated rings. The minimum Gasteiger partial charge on any atom is -0.387 e. The van der Waals surface area contributed by atoms with E-state index in [4.69, 9.17) is 9.84 Å². The average Bonchev–Trinajstić information content (AvgIpc) is 2.09. The maximum absolute atomic E-state index is 9.25. The highest BCUT2D eigenvalue weighted by atomic mass is 16.6. The molecule has 0 aromatic rings. The summed E-state index contributed by atoms with van der Waals surface area (Å²) in [7, 11) is 0. The molecular formula is C7H14O3. The van der Waals surface area contributed by atoms with Gasteiger partial charge in [0.25, 0.3) is 0 Å². The van der Waals surface area contributed by atoms with Crippen molar-refractivity contribution in [1.29, 1.82) is 0 Å². The van der Waals surface area contributed by atoms with E-state index >= 15 is 0 Å². The second-order valence-electron chi connectivity index (χ2n) is 2.79. The molecule has 0 amide bonds. The highest BCUT2D eigenvalue weighted by molar-refractivity contribution is 4.82. The summed E-state index contributed by atoms with van der Waals surface area (Å²) in [6, 6.07) is 0. The first-order valence-electron chi connectivity index (χ1n) is 3.68. The Hall–Kier alpha value is -0.120. The zero-order chi connectivity index (χ0) is 7.72. The minimum absolute atomic E-state index is 0.0185. The molecule has 0 saturated carbocycles. The smallest absolute Gasteiger partial charge is 0.181 e. The Bertz CT molecular complexity index is 115. The number of aliphatic hydroxyl groups excluding tert-OH is 2. The SMILES string of the molecule is CC[C@H]1[C@H](O)C(O)O[C@@H]1C. The van der Waals surface area contributed by atoms with Gasteiger partial charge < -0.3 is 14.9 Å². The molecule has 1 heterocycles. The van der Waals surface area contributed by atoms with Crippen LogP contribution < -0.4 is 0 Å². The lowest BCUT2D eigenvalue weighted by Gasteiger charge is -2.13. The lowest BCUT2D eigenvalue weighted by molar-refractivity contribution is -0.123. The number of ether oxygens (including phenoxy) is 1. The van der Waals surface area contributed by atoms with Crippen LogP contribution in [0.4, 0.5) is 0 Å². The molecule has 0 bridgehead atoms. The average molecular weight is 146 g/mol. The van der Waals surface area contributed by atoms with Crippen molar-refractivity contribution in [3.63, 3.8) is 0 Å². The van der Waals surface area contributed by atoms with Gasteiger partial charge in [0.1, 0.15) is 6.10 Å². The number of hydrogen-bond donors (Lipinski definition) is 2. The van der Waals surface area contributed by atoms with Crippen molar-refractivity contribution in [2.45, 2.75) is 38.8 Å². The van der Waals surface area contributed by atoms with Gasteiger partial charge in [0.2, 0.25) is 0 Å². The Morgan fingerprint density at radius 2 is 2.00 bits per heavy atom. The molecule has 2 N–H and O–H groups in total. The number of aliphatic hydroxyl groups is 2. The van der Waals surface area contributed by atoms with Crippen molar-refractivity contribution in [1.82, 2.24) is 0 Å². The van der Waals surface area contributed by atoms with Crippen LogP contribution in [0.1, 0.15) is 20.3 Å². The molecule has 1 unspecified atom stereocenters. The third-order valence-corrected chi connectivity index (χ3v) is 2.16. The van der Waals surface area contributed by atoms with E-state index in [2.05, 4.69) is 0 Å². The van der Waals surface area contributed by atoms with Crippen LogP contribution in [0.5, 0.6) is 0 Å². The molecule has 3 nitrogen and oxygen atoms in total. The van der Waals surface area contributed by atoms with Gasteiger partial charge in [-0.25, -0.2) is 0 Å². The Labute approximate surface area is 60.6 Å². The number of rotatable bonds is 1. The summed E-state index contributed by atoms with van der Waals surface area (Å²) >= 11 is 0. The molecule has 3 heteroatoms. The predicted molar refractivity (Wildman–Crippen MR) is 36.3 cm³/mol. The molecule has 0 radical (unpaired) electrons. The first-order valence-corrected chi connectivity index (χ1v) is 3.68. The van der Waals surface area contributed by atoms with Crippen LogP contribution in [-0.2, 0) is 4.74 Å². The van der Waals surface area contributed by atoms with Crippen molar-refractivity contribution >= 4 is 0 Å². The summed E-state index contributed by atoms with van der Waals surface area (Å²) in [6.07, 6.45) is -0.839. The summed E-state index contributed by atoms with van der Waals surface area (Å²) in [5.74, 6) is 0.0926. The van der Waals surface area contributed by atoms with Crippen LogP contribution in [-0.4, -0.2) is 28.7 Å². The topological polar surface area (TPSA) is 49.7 Å². The molecule has 0 aliphatic carbocycles. The van der Waals surface area contributed by atoms with Gasteiger partial charge in [-0.05, 0) is 13.3 Å². The van der Waals surface area contributed by atoms with Gasteiger partial charge in [0, 0.05) is 5.92 Å². The van der Waals surface area contributed by atoms with Crippen molar-refractivity contribution in [2.24, 2.45) is 5.92 Å². The van der Waals surface area contributed by atoms with Crippen LogP contribution in [0, 0.1) is 5.92 Å². The van der Waals surface area contributed by atoms with Gasteiger partial charge in [0.15, 0.2) is 6.29 Å². The standard InChI is InChI=1S/C7H14O3/c1-3-5-4(2)10-7(9)6(5)8/h4-9H,3H2,1-2H3/t4-,5-,6+,7?/m1/s1. The summed E-state index contributed by atoms with van der Waals surface area (Å²) in [5, 5.41) is 18.3. The molecule has 0 spiro atoms. The van der Waals surface area contributed by atoms with Crippen LogP contribution in [0.3, 0.4) is 0 Å². The predicted octanol–water partition coefficient (Wildman–Crippen LogP) is 0.111. The maximum atomic E-state index is 9.25. The molecule has 1 rings (SSSR count). The summed E-state index contributed by atoms with van der Waals surface area (Å²) in [4.78, 5) is 0. The Morgan fingerprint density at radius 3 is 2.20 bits per heavy atom. The van der Waals surface area contributed by atoms with E-state index in [0.29, 0.717) is 0 Å². The fraction of sp³-hybridized carbons (Fsp3) is 1.00. The Balaban J connectivity index is 2.55.